The van der Waals surface area contributed by atoms with Crippen LogP contribution in [0.1, 0.15) is 31.2 Å². The zero-order chi connectivity index (χ0) is 13.7. The number of rotatable bonds is 6. The molecule has 1 N–H and O–H groups in total. The van der Waals surface area contributed by atoms with Gasteiger partial charge in [-0.3, -0.25) is 4.68 Å². The summed E-state index contributed by atoms with van der Waals surface area (Å²) in [5.41, 5.74) is 1.26. The van der Waals surface area contributed by atoms with E-state index in [9.17, 15) is 5.11 Å². The van der Waals surface area contributed by atoms with Crippen molar-refractivity contribution in [3.05, 3.63) is 30.1 Å². The number of hydrogen-bond acceptors (Lipinski definition) is 3. The van der Waals surface area contributed by atoms with Gasteiger partial charge in [0.05, 0.1) is 6.20 Å². The van der Waals surface area contributed by atoms with Gasteiger partial charge in [0.1, 0.15) is 0 Å². The van der Waals surface area contributed by atoms with Gasteiger partial charge in [-0.2, -0.15) is 5.10 Å². The Morgan fingerprint density at radius 3 is 2.89 bits per heavy atom. The molecular weight excluding hydrogens is 238 g/mol. The number of allylic oxidation sites excluding steroid dienone is 1. The molecular formula is C15H25N3O. The molecule has 2 heterocycles. The van der Waals surface area contributed by atoms with Gasteiger partial charge in [0.2, 0.25) is 0 Å². The van der Waals surface area contributed by atoms with Crippen LogP contribution in [-0.2, 0) is 7.05 Å². The summed E-state index contributed by atoms with van der Waals surface area (Å²) in [6, 6.07) is 0. The molecule has 19 heavy (non-hydrogen) atoms. The molecule has 0 amide bonds. The number of hydrogen-bond donors (Lipinski definition) is 1. The van der Waals surface area contributed by atoms with Gasteiger partial charge in [0.15, 0.2) is 0 Å². The van der Waals surface area contributed by atoms with Crippen LogP contribution in [0.4, 0.5) is 0 Å². The standard InChI is InChI=1S/C15H25N3O/c1-3-4-5-6-7-18-10-14(12-19)15(11-18)13-8-16-17(2)9-13/h4-5,8-9,14-15,19H,3,6-7,10-12H2,1-2H3/b5-4+/t14-,15-/m0/s1. The molecule has 1 aliphatic rings. The minimum Gasteiger partial charge on any atom is -0.396 e. The quantitative estimate of drug-likeness (QED) is 0.796. The van der Waals surface area contributed by atoms with E-state index in [2.05, 4.69) is 35.3 Å². The summed E-state index contributed by atoms with van der Waals surface area (Å²) in [4.78, 5) is 2.46. The highest BCUT2D eigenvalue weighted by atomic mass is 16.3. The Balaban J connectivity index is 1.92. The van der Waals surface area contributed by atoms with Crippen LogP contribution in [0, 0.1) is 5.92 Å². The summed E-state index contributed by atoms with van der Waals surface area (Å²) in [5.74, 6) is 0.771. The van der Waals surface area contributed by atoms with E-state index in [4.69, 9.17) is 0 Å². The molecule has 1 aromatic heterocycles. The van der Waals surface area contributed by atoms with Gasteiger partial charge in [-0.15, -0.1) is 0 Å². The molecule has 1 aromatic rings. The number of aliphatic hydroxyl groups excluding tert-OH is 1. The van der Waals surface area contributed by atoms with E-state index in [0.717, 1.165) is 32.5 Å². The molecule has 2 rings (SSSR count). The third kappa shape index (κ3) is 3.67. The molecule has 0 aliphatic carbocycles. The van der Waals surface area contributed by atoms with Crippen molar-refractivity contribution in [3.63, 3.8) is 0 Å². The maximum absolute atomic E-state index is 9.56. The first-order valence-electron chi connectivity index (χ1n) is 7.21. The first-order valence-corrected chi connectivity index (χ1v) is 7.21. The second-order valence-corrected chi connectivity index (χ2v) is 5.42. The Kier molecular flexibility index (Phi) is 5.16. The zero-order valence-electron chi connectivity index (χ0n) is 12.0. The van der Waals surface area contributed by atoms with Crippen molar-refractivity contribution in [2.45, 2.75) is 25.7 Å². The molecule has 0 bridgehead atoms. The number of aryl methyl sites for hydroxylation is 1. The summed E-state index contributed by atoms with van der Waals surface area (Å²) in [6.45, 7) is 5.55. The second-order valence-electron chi connectivity index (χ2n) is 5.42. The monoisotopic (exact) mass is 263 g/mol. The van der Waals surface area contributed by atoms with Crippen LogP contribution in [0.3, 0.4) is 0 Å². The highest BCUT2D eigenvalue weighted by Gasteiger charge is 2.33. The van der Waals surface area contributed by atoms with Gasteiger partial charge in [0, 0.05) is 51.3 Å². The van der Waals surface area contributed by atoms with Crippen LogP contribution in [0.15, 0.2) is 24.5 Å². The summed E-state index contributed by atoms with van der Waals surface area (Å²) in [5, 5.41) is 13.8. The molecule has 4 heteroatoms. The summed E-state index contributed by atoms with van der Waals surface area (Å²) in [6.07, 6.45) is 10.7. The fraction of sp³-hybridized carbons (Fsp3) is 0.667. The lowest BCUT2D eigenvalue weighted by molar-refractivity contribution is 0.215. The van der Waals surface area contributed by atoms with Gasteiger partial charge >= 0.3 is 0 Å². The first kappa shape index (κ1) is 14.3. The first-order chi connectivity index (χ1) is 9.24. The van der Waals surface area contributed by atoms with Gasteiger partial charge in [-0.25, -0.2) is 0 Å². The predicted molar refractivity (Wildman–Crippen MR) is 77.0 cm³/mol. The van der Waals surface area contributed by atoms with E-state index >= 15 is 0 Å². The number of likely N-dealkylation sites (tertiary alicyclic amines) is 1. The average molecular weight is 263 g/mol. The Labute approximate surface area is 115 Å². The summed E-state index contributed by atoms with van der Waals surface area (Å²) >= 11 is 0. The lowest BCUT2D eigenvalue weighted by Gasteiger charge is -2.14. The molecule has 4 nitrogen and oxygen atoms in total. The van der Waals surface area contributed by atoms with Crippen molar-refractivity contribution in [3.8, 4) is 0 Å². The second kappa shape index (κ2) is 6.87. The topological polar surface area (TPSA) is 41.3 Å². The maximum atomic E-state index is 9.56. The largest absolute Gasteiger partial charge is 0.396 e. The van der Waals surface area contributed by atoms with Crippen LogP contribution in [0.5, 0.6) is 0 Å². The van der Waals surface area contributed by atoms with Gasteiger partial charge in [-0.1, -0.05) is 19.1 Å². The van der Waals surface area contributed by atoms with Gasteiger partial charge in [0.25, 0.3) is 0 Å². The fourth-order valence-electron chi connectivity index (χ4n) is 2.88. The summed E-state index contributed by atoms with van der Waals surface area (Å²) < 4.78 is 1.84. The molecule has 2 atom stereocenters. The minimum atomic E-state index is 0.265. The van der Waals surface area contributed by atoms with E-state index in [1.54, 1.807) is 0 Å². The highest BCUT2D eigenvalue weighted by Crippen LogP contribution is 2.32. The Morgan fingerprint density at radius 2 is 2.26 bits per heavy atom. The molecule has 0 radical (unpaired) electrons. The predicted octanol–water partition coefficient (Wildman–Crippen LogP) is 1.78. The lowest BCUT2D eigenvalue weighted by Crippen LogP contribution is -2.22. The van der Waals surface area contributed by atoms with Crippen LogP contribution < -0.4 is 0 Å². The molecule has 0 spiro atoms. The number of nitrogens with zero attached hydrogens (tertiary/aromatic N) is 3. The minimum absolute atomic E-state index is 0.265. The van der Waals surface area contributed by atoms with E-state index < -0.39 is 0 Å². The van der Waals surface area contributed by atoms with Crippen molar-refractivity contribution in [2.75, 3.05) is 26.2 Å². The van der Waals surface area contributed by atoms with Gasteiger partial charge in [-0.05, 0) is 18.4 Å². The number of aromatic nitrogens is 2. The lowest BCUT2D eigenvalue weighted by atomic mass is 9.92. The molecule has 0 saturated carbocycles. The van der Waals surface area contributed by atoms with Crippen molar-refractivity contribution in [2.24, 2.45) is 13.0 Å². The van der Waals surface area contributed by atoms with Crippen LogP contribution in [0.25, 0.3) is 0 Å². The Morgan fingerprint density at radius 1 is 1.42 bits per heavy atom. The molecule has 1 aliphatic heterocycles. The summed E-state index contributed by atoms with van der Waals surface area (Å²) in [7, 11) is 1.94. The highest BCUT2D eigenvalue weighted by molar-refractivity contribution is 5.16. The molecule has 0 unspecified atom stereocenters. The molecule has 1 saturated heterocycles. The van der Waals surface area contributed by atoms with Crippen LogP contribution in [-0.4, -0.2) is 46.0 Å². The molecule has 1 fully saturated rings. The third-order valence-electron chi connectivity index (χ3n) is 3.92. The SMILES string of the molecule is CC/C=C/CCN1C[C@@H](CO)[C@H](c2cnn(C)c2)C1. The average Bonchev–Trinajstić information content (AvgIpc) is 3.00. The fourth-order valence-corrected chi connectivity index (χ4v) is 2.88. The Hall–Kier alpha value is -1.13. The van der Waals surface area contributed by atoms with Crippen molar-refractivity contribution in [1.29, 1.82) is 0 Å². The van der Waals surface area contributed by atoms with Crippen molar-refractivity contribution < 1.29 is 5.11 Å². The van der Waals surface area contributed by atoms with Crippen LogP contribution in [0.2, 0.25) is 0 Å². The number of aliphatic hydroxyl groups is 1. The van der Waals surface area contributed by atoms with E-state index in [1.165, 1.54) is 5.56 Å². The zero-order valence-corrected chi connectivity index (χ0v) is 12.0. The normalized spacial score (nSPS) is 24.6. The Bertz CT molecular complexity index is 413. The molecule has 106 valence electrons. The van der Waals surface area contributed by atoms with E-state index in [-0.39, 0.29) is 6.61 Å². The molecule has 0 aromatic carbocycles. The third-order valence-corrected chi connectivity index (χ3v) is 3.92. The van der Waals surface area contributed by atoms with Crippen molar-refractivity contribution in [1.82, 2.24) is 14.7 Å². The van der Waals surface area contributed by atoms with Crippen LogP contribution >= 0.6 is 0 Å². The van der Waals surface area contributed by atoms with E-state index in [0.29, 0.717) is 11.8 Å². The van der Waals surface area contributed by atoms with E-state index in [1.807, 2.05) is 17.9 Å². The van der Waals surface area contributed by atoms with Gasteiger partial charge < -0.3 is 10.0 Å². The maximum Gasteiger partial charge on any atom is 0.0525 e. The van der Waals surface area contributed by atoms with Crippen molar-refractivity contribution >= 4 is 0 Å². The smallest absolute Gasteiger partial charge is 0.0525 e.